The van der Waals surface area contributed by atoms with Crippen LogP contribution >= 0.6 is 15.9 Å². The highest BCUT2D eigenvalue weighted by atomic mass is 79.9. The molecule has 1 aromatic carbocycles. The van der Waals surface area contributed by atoms with Gasteiger partial charge in [0.1, 0.15) is 5.54 Å². The first-order valence-electron chi connectivity index (χ1n) is 6.92. The van der Waals surface area contributed by atoms with E-state index in [0.29, 0.717) is 12.8 Å². The topological polar surface area (TPSA) is 78.4 Å². The highest BCUT2D eigenvalue weighted by Crippen LogP contribution is 2.18. The summed E-state index contributed by atoms with van der Waals surface area (Å²) in [5, 5.41) is 14.7. The van der Waals surface area contributed by atoms with Crippen LogP contribution in [0.4, 0.5) is 4.79 Å². The second-order valence-corrected chi connectivity index (χ2v) is 5.88. The summed E-state index contributed by atoms with van der Waals surface area (Å²) in [7, 11) is 0. The molecule has 1 rings (SSSR count). The largest absolute Gasteiger partial charge is 0.480 e. The number of carboxylic acid groups (broad SMARTS) is 1. The van der Waals surface area contributed by atoms with Gasteiger partial charge in [-0.15, -0.1) is 0 Å². The zero-order valence-electron chi connectivity index (χ0n) is 12.4. The number of hydrogen-bond acceptors (Lipinski definition) is 2. The number of rotatable bonds is 6. The molecule has 1 aromatic rings. The highest BCUT2D eigenvalue weighted by Gasteiger charge is 2.36. The van der Waals surface area contributed by atoms with Crippen molar-refractivity contribution in [3.8, 4) is 0 Å². The SMILES string of the molecule is CCC(CC)(NC(=O)NC(C)c1ccc(Br)cc1)C(=O)O. The summed E-state index contributed by atoms with van der Waals surface area (Å²) >= 11 is 3.35. The number of carboxylic acids is 1. The van der Waals surface area contributed by atoms with Crippen molar-refractivity contribution in [2.45, 2.75) is 45.2 Å². The van der Waals surface area contributed by atoms with Crippen molar-refractivity contribution in [2.75, 3.05) is 0 Å². The lowest BCUT2D eigenvalue weighted by Gasteiger charge is -2.29. The van der Waals surface area contributed by atoms with E-state index < -0.39 is 17.5 Å². The first kappa shape index (κ1) is 17.5. The first-order chi connectivity index (χ1) is 9.84. The van der Waals surface area contributed by atoms with E-state index in [1.807, 2.05) is 31.2 Å². The van der Waals surface area contributed by atoms with Gasteiger partial charge in [0.2, 0.25) is 0 Å². The molecule has 0 heterocycles. The Morgan fingerprint density at radius 1 is 1.24 bits per heavy atom. The molecule has 0 radical (unpaired) electrons. The number of carbonyl (C=O) groups excluding carboxylic acids is 1. The standard InChI is InChI=1S/C15H21BrN2O3/c1-4-15(5-2,13(19)20)18-14(21)17-10(3)11-6-8-12(16)9-7-11/h6-10H,4-5H2,1-3H3,(H,19,20)(H2,17,18,21). The van der Waals surface area contributed by atoms with Gasteiger partial charge < -0.3 is 15.7 Å². The van der Waals surface area contributed by atoms with E-state index in [1.54, 1.807) is 13.8 Å². The van der Waals surface area contributed by atoms with Gasteiger partial charge in [-0.3, -0.25) is 0 Å². The molecule has 1 atom stereocenters. The molecule has 0 saturated heterocycles. The number of benzene rings is 1. The molecule has 6 heteroatoms. The summed E-state index contributed by atoms with van der Waals surface area (Å²) < 4.78 is 0.963. The fourth-order valence-corrected chi connectivity index (χ4v) is 2.33. The van der Waals surface area contributed by atoms with E-state index in [4.69, 9.17) is 0 Å². The molecule has 5 nitrogen and oxygen atoms in total. The minimum absolute atomic E-state index is 0.210. The number of nitrogens with one attached hydrogen (secondary N) is 2. The molecular formula is C15H21BrN2O3. The van der Waals surface area contributed by atoms with Gasteiger partial charge in [-0.25, -0.2) is 9.59 Å². The van der Waals surface area contributed by atoms with E-state index in [0.717, 1.165) is 10.0 Å². The quantitative estimate of drug-likeness (QED) is 0.730. The van der Waals surface area contributed by atoms with Crippen LogP contribution in [-0.4, -0.2) is 22.6 Å². The smallest absolute Gasteiger partial charge is 0.329 e. The molecular weight excluding hydrogens is 336 g/mol. The summed E-state index contributed by atoms with van der Waals surface area (Å²) in [5.41, 5.74) is -0.272. The molecule has 0 fully saturated rings. The fraction of sp³-hybridized carbons (Fsp3) is 0.467. The molecule has 116 valence electrons. The minimum atomic E-state index is -1.22. The van der Waals surface area contributed by atoms with Crippen molar-refractivity contribution in [1.82, 2.24) is 10.6 Å². The summed E-state index contributed by atoms with van der Waals surface area (Å²) in [6, 6.07) is 6.91. The molecule has 3 N–H and O–H groups in total. The van der Waals surface area contributed by atoms with Gasteiger partial charge in [-0.1, -0.05) is 41.9 Å². The lowest BCUT2D eigenvalue weighted by atomic mass is 9.93. The number of hydrogen-bond donors (Lipinski definition) is 3. The lowest BCUT2D eigenvalue weighted by Crippen LogP contribution is -2.56. The summed E-state index contributed by atoms with van der Waals surface area (Å²) in [6.07, 6.45) is 0.665. The van der Waals surface area contributed by atoms with Crippen LogP contribution in [0, 0.1) is 0 Å². The molecule has 0 aromatic heterocycles. The van der Waals surface area contributed by atoms with Gasteiger partial charge in [0.05, 0.1) is 6.04 Å². The third kappa shape index (κ3) is 4.46. The maximum atomic E-state index is 12.0. The normalized spacial score (nSPS) is 12.6. The Kier molecular flexibility index (Phi) is 6.20. The second-order valence-electron chi connectivity index (χ2n) is 4.97. The number of urea groups is 1. The van der Waals surface area contributed by atoms with E-state index in [1.165, 1.54) is 0 Å². The number of amides is 2. The van der Waals surface area contributed by atoms with E-state index >= 15 is 0 Å². The Bertz CT molecular complexity index is 498. The van der Waals surface area contributed by atoms with Gasteiger partial charge in [-0.2, -0.15) is 0 Å². The van der Waals surface area contributed by atoms with Crippen LogP contribution in [0.3, 0.4) is 0 Å². The van der Waals surface area contributed by atoms with Gasteiger partial charge in [0.15, 0.2) is 0 Å². The van der Waals surface area contributed by atoms with Crippen LogP contribution in [0.5, 0.6) is 0 Å². The van der Waals surface area contributed by atoms with E-state index in [9.17, 15) is 14.7 Å². The average molecular weight is 357 g/mol. The second kappa shape index (κ2) is 7.45. The van der Waals surface area contributed by atoms with Gasteiger partial charge in [0.25, 0.3) is 0 Å². The van der Waals surface area contributed by atoms with Crippen LogP contribution in [0.1, 0.15) is 45.2 Å². The monoisotopic (exact) mass is 356 g/mol. The Hall–Kier alpha value is -1.56. The van der Waals surface area contributed by atoms with E-state index in [-0.39, 0.29) is 6.04 Å². The van der Waals surface area contributed by atoms with Crippen molar-refractivity contribution >= 4 is 27.9 Å². The summed E-state index contributed by atoms with van der Waals surface area (Å²) in [6.45, 7) is 5.34. The Morgan fingerprint density at radius 3 is 2.19 bits per heavy atom. The zero-order valence-corrected chi connectivity index (χ0v) is 14.0. The number of halogens is 1. The molecule has 0 saturated carbocycles. The number of carbonyl (C=O) groups is 2. The van der Waals surface area contributed by atoms with Gasteiger partial charge in [-0.05, 0) is 37.5 Å². The van der Waals surface area contributed by atoms with Crippen molar-refractivity contribution in [3.05, 3.63) is 34.3 Å². The van der Waals surface area contributed by atoms with Crippen LogP contribution < -0.4 is 10.6 Å². The van der Waals surface area contributed by atoms with Crippen molar-refractivity contribution in [1.29, 1.82) is 0 Å². The number of aliphatic carboxylic acids is 1. The molecule has 1 unspecified atom stereocenters. The molecule has 0 bridgehead atoms. The van der Waals surface area contributed by atoms with Crippen LogP contribution in [0.25, 0.3) is 0 Å². The molecule has 0 aliphatic carbocycles. The third-order valence-corrected chi connectivity index (χ3v) is 4.22. The third-order valence-electron chi connectivity index (χ3n) is 3.69. The summed E-state index contributed by atoms with van der Waals surface area (Å²) in [4.78, 5) is 23.4. The molecule has 21 heavy (non-hydrogen) atoms. The van der Waals surface area contributed by atoms with Crippen molar-refractivity contribution in [2.24, 2.45) is 0 Å². The van der Waals surface area contributed by atoms with Crippen LogP contribution in [0.15, 0.2) is 28.7 Å². The minimum Gasteiger partial charge on any atom is -0.480 e. The average Bonchev–Trinajstić information content (AvgIpc) is 2.45. The molecule has 0 aliphatic rings. The Balaban J connectivity index is 2.72. The van der Waals surface area contributed by atoms with Gasteiger partial charge >= 0.3 is 12.0 Å². The highest BCUT2D eigenvalue weighted by molar-refractivity contribution is 9.10. The molecule has 2 amide bonds. The van der Waals surface area contributed by atoms with Crippen molar-refractivity contribution < 1.29 is 14.7 Å². The Labute approximate surface area is 133 Å². The maximum absolute atomic E-state index is 12.0. The zero-order chi connectivity index (χ0) is 16.0. The van der Waals surface area contributed by atoms with E-state index in [2.05, 4.69) is 26.6 Å². The lowest BCUT2D eigenvalue weighted by molar-refractivity contribution is -0.144. The first-order valence-corrected chi connectivity index (χ1v) is 7.71. The van der Waals surface area contributed by atoms with Crippen molar-refractivity contribution in [3.63, 3.8) is 0 Å². The Morgan fingerprint density at radius 2 is 1.76 bits per heavy atom. The van der Waals surface area contributed by atoms with Gasteiger partial charge in [0, 0.05) is 4.47 Å². The predicted molar refractivity (Wildman–Crippen MR) is 85.2 cm³/mol. The van der Waals surface area contributed by atoms with Crippen LogP contribution in [-0.2, 0) is 4.79 Å². The molecule has 0 aliphatic heterocycles. The summed E-state index contributed by atoms with van der Waals surface area (Å²) in [5.74, 6) is -1.01. The molecule has 0 spiro atoms. The predicted octanol–water partition coefficient (Wildman–Crippen LogP) is 3.45. The maximum Gasteiger partial charge on any atom is 0.329 e. The fourth-order valence-electron chi connectivity index (χ4n) is 2.07. The van der Waals surface area contributed by atoms with Crippen LogP contribution in [0.2, 0.25) is 0 Å².